The van der Waals surface area contributed by atoms with E-state index in [2.05, 4.69) is 25.7 Å². The molecule has 0 aromatic rings. The average Bonchev–Trinajstić information content (AvgIpc) is 3.67. The molecule has 1 rings (SSSR count). The van der Waals surface area contributed by atoms with E-state index < -0.39 is 11.5 Å². The molecule has 10 heteroatoms. The predicted octanol–water partition coefficient (Wildman–Crippen LogP) is 13.5. The molecule has 376 valence electrons. The topological polar surface area (TPSA) is 112 Å². The van der Waals surface area contributed by atoms with Gasteiger partial charge >= 0.3 is 23.9 Å². The Kier molecular flexibility index (Phi) is 37.3. The van der Waals surface area contributed by atoms with Crippen molar-refractivity contribution >= 4 is 23.9 Å². The van der Waals surface area contributed by atoms with E-state index in [-0.39, 0.29) is 36.1 Å². The molecule has 10 nitrogen and oxygen atoms in total. The van der Waals surface area contributed by atoms with E-state index in [9.17, 15) is 19.2 Å². The number of hydrogen-bond donors (Lipinski definition) is 0. The van der Waals surface area contributed by atoms with Crippen LogP contribution in [0.1, 0.15) is 253 Å². The van der Waals surface area contributed by atoms with Gasteiger partial charge in [0, 0.05) is 25.9 Å². The lowest BCUT2D eigenvalue weighted by Gasteiger charge is -2.23. The monoisotopic (exact) mass is 907 g/mol. The molecular formula is C54H102N2O8. The number of hydrogen-bond acceptors (Lipinski definition) is 10. The Bertz CT molecular complexity index is 1160. The van der Waals surface area contributed by atoms with Crippen molar-refractivity contribution in [1.29, 1.82) is 0 Å². The number of nitrogens with zero attached hydrogens (tertiary/aromatic N) is 2. The standard InChI is InChI=1S/C54H102N2O8/c1-8-11-14-17-19-20-21-27-35-44-62-53(60)54(4,5)40-32-25-28-34-43-61-52(59)49-45-48(64-51(58)39-42-55(6)7)46-56(49)41-33-26-22-24-31-38-50(57)63-47(36-29-16-13-10-3)37-30-23-18-15-12-9-2/h47-49H,8-46H2,1-7H3/t47?,48-,49-/m0/s1. The molecule has 0 amide bonds. The first-order valence-electron chi connectivity index (χ1n) is 27.0. The highest BCUT2D eigenvalue weighted by atomic mass is 16.6. The zero-order valence-corrected chi connectivity index (χ0v) is 43.0. The number of rotatable bonds is 44. The van der Waals surface area contributed by atoms with Crippen LogP contribution in [-0.4, -0.2) is 98.9 Å². The molecule has 0 aromatic carbocycles. The fourth-order valence-corrected chi connectivity index (χ4v) is 8.74. The third-order valence-electron chi connectivity index (χ3n) is 13.1. The third kappa shape index (κ3) is 32.5. The van der Waals surface area contributed by atoms with Crippen molar-refractivity contribution in [2.45, 2.75) is 271 Å². The Morgan fingerprint density at radius 2 is 1.06 bits per heavy atom. The summed E-state index contributed by atoms with van der Waals surface area (Å²) in [6.07, 6.45) is 35.6. The molecule has 1 saturated heterocycles. The van der Waals surface area contributed by atoms with Crippen LogP contribution >= 0.6 is 0 Å². The Hall–Kier alpha value is -2.20. The normalized spacial score (nSPS) is 16.0. The Labute approximate surface area is 394 Å². The maximum Gasteiger partial charge on any atom is 0.323 e. The number of ether oxygens (including phenoxy) is 4. The van der Waals surface area contributed by atoms with Crippen molar-refractivity contribution in [1.82, 2.24) is 9.80 Å². The van der Waals surface area contributed by atoms with Crippen LogP contribution in [0.5, 0.6) is 0 Å². The summed E-state index contributed by atoms with van der Waals surface area (Å²) in [5.41, 5.74) is -0.498. The van der Waals surface area contributed by atoms with Gasteiger partial charge in [-0.05, 0) is 92.3 Å². The van der Waals surface area contributed by atoms with E-state index in [0.717, 1.165) is 109 Å². The van der Waals surface area contributed by atoms with Gasteiger partial charge in [0.05, 0.1) is 25.0 Å². The first-order chi connectivity index (χ1) is 30.9. The Morgan fingerprint density at radius 1 is 0.578 bits per heavy atom. The summed E-state index contributed by atoms with van der Waals surface area (Å²) in [7, 11) is 3.87. The molecule has 64 heavy (non-hydrogen) atoms. The Balaban J connectivity index is 2.43. The van der Waals surface area contributed by atoms with Gasteiger partial charge in [-0.2, -0.15) is 0 Å². The highest BCUT2D eigenvalue weighted by molar-refractivity contribution is 5.77. The second-order valence-corrected chi connectivity index (χ2v) is 20.1. The van der Waals surface area contributed by atoms with E-state index in [1.54, 1.807) is 0 Å². The van der Waals surface area contributed by atoms with Gasteiger partial charge in [-0.25, -0.2) is 0 Å². The van der Waals surface area contributed by atoms with Gasteiger partial charge in [-0.15, -0.1) is 0 Å². The molecule has 1 heterocycles. The third-order valence-corrected chi connectivity index (χ3v) is 13.1. The molecule has 1 fully saturated rings. The maximum absolute atomic E-state index is 13.4. The summed E-state index contributed by atoms with van der Waals surface area (Å²) in [5, 5.41) is 0. The lowest BCUT2D eigenvalue weighted by atomic mass is 9.87. The molecule has 0 bridgehead atoms. The van der Waals surface area contributed by atoms with Gasteiger partial charge in [0.25, 0.3) is 0 Å². The number of esters is 4. The molecule has 0 saturated carbocycles. The summed E-state index contributed by atoms with van der Waals surface area (Å²) in [6, 6.07) is -0.421. The van der Waals surface area contributed by atoms with Gasteiger partial charge in [0.15, 0.2) is 0 Å². The molecule has 0 aromatic heterocycles. The van der Waals surface area contributed by atoms with E-state index in [4.69, 9.17) is 18.9 Å². The van der Waals surface area contributed by atoms with Crippen LogP contribution in [0.25, 0.3) is 0 Å². The van der Waals surface area contributed by atoms with Gasteiger partial charge in [0.2, 0.25) is 0 Å². The Morgan fingerprint density at radius 3 is 1.64 bits per heavy atom. The molecule has 1 aliphatic rings. The molecule has 3 atom stereocenters. The maximum atomic E-state index is 13.4. The van der Waals surface area contributed by atoms with Crippen LogP contribution in [0.4, 0.5) is 0 Å². The smallest absolute Gasteiger partial charge is 0.323 e. The van der Waals surface area contributed by atoms with E-state index in [0.29, 0.717) is 45.6 Å². The van der Waals surface area contributed by atoms with Crippen LogP contribution < -0.4 is 0 Å². The minimum absolute atomic E-state index is 0.0448. The minimum atomic E-state index is -0.498. The van der Waals surface area contributed by atoms with Gasteiger partial charge in [-0.1, -0.05) is 162 Å². The zero-order chi connectivity index (χ0) is 47.1. The fraction of sp³-hybridized carbons (Fsp3) is 0.926. The van der Waals surface area contributed by atoms with Gasteiger partial charge in [0.1, 0.15) is 18.2 Å². The van der Waals surface area contributed by atoms with Crippen molar-refractivity contribution < 1.29 is 38.1 Å². The summed E-state index contributed by atoms with van der Waals surface area (Å²) < 4.78 is 23.3. The molecule has 0 N–H and O–H groups in total. The minimum Gasteiger partial charge on any atom is -0.465 e. The molecule has 1 unspecified atom stereocenters. The second-order valence-electron chi connectivity index (χ2n) is 20.1. The van der Waals surface area contributed by atoms with Crippen molar-refractivity contribution in [3.05, 3.63) is 0 Å². The van der Waals surface area contributed by atoms with E-state index in [1.807, 2.05) is 32.8 Å². The van der Waals surface area contributed by atoms with Crippen molar-refractivity contribution in [2.24, 2.45) is 5.41 Å². The summed E-state index contributed by atoms with van der Waals surface area (Å²) in [6.45, 7) is 13.5. The number of carbonyl (C=O) groups is 4. The van der Waals surface area contributed by atoms with Crippen LogP contribution in [0.15, 0.2) is 0 Å². The van der Waals surface area contributed by atoms with Crippen molar-refractivity contribution in [2.75, 3.05) is 46.9 Å². The number of likely N-dealkylation sites (tertiary alicyclic amines) is 1. The predicted molar refractivity (Wildman–Crippen MR) is 263 cm³/mol. The van der Waals surface area contributed by atoms with E-state index >= 15 is 0 Å². The number of carbonyl (C=O) groups excluding carboxylic acids is 4. The number of unbranched alkanes of at least 4 members (excludes halogenated alkanes) is 23. The highest BCUT2D eigenvalue weighted by Crippen LogP contribution is 2.27. The fourth-order valence-electron chi connectivity index (χ4n) is 8.74. The molecule has 0 spiro atoms. The second kappa shape index (κ2) is 39.9. The average molecular weight is 907 g/mol. The van der Waals surface area contributed by atoms with Crippen LogP contribution in [0, 0.1) is 5.41 Å². The molecular weight excluding hydrogens is 805 g/mol. The lowest BCUT2D eigenvalue weighted by Crippen LogP contribution is -2.38. The summed E-state index contributed by atoms with van der Waals surface area (Å²) in [4.78, 5) is 55.7. The van der Waals surface area contributed by atoms with Crippen LogP contribution in [0.3, 0.4) is 0 Å². The van der Waals surface area contributed by atoms with Crippen molar-refractivity contribution in [3.63, 3.8) is 0 Å². The lowest BCUT2D eigenvalue weighted by molar-refractivity contribution is -0.154. The SMILES string of the molecule is CCCCCCCCCCCOC(=O)C(C)(C)CCCCCCOC(=O)[C@@H]1C[C@H](OC(=O)CCN(C)C)CN1CCCCCCCC(=O)OC(CCCCCC)CCCCCCCC. The van der Waals surface area contributed by atoms with Crippen LogP contribution in [-0.2, 0) is 38.1 Å². The van der Waals surface area contributed by atoms with Crippen molar-refractivity contribution in [3.8, 4) is 0 Å². The first kappa shape index (κ1) is 59.8. The largest absolute Gasteiger partial charge is 0.465 e. The zero-order valence-electron chi connectivity index (χ0n) is 43.0. The van der Waals surface area contributed by atoms with Gasteiger partial charge in [-0.3, -0.25) is 24.1 Å². The van der Waals surface area contributed by atoms with Crippen LogP contribution in [0.2, 0.25) is 0 Å². The highest BCUT2D eigenvalue weighted by Gasteiger charge is 2.39. The quantitative estimate of drug-likeness (QED) is 0.0333. The van der Waals surface area contributed by atoms with Gasteiger partial charge < -0.3 is 23.8 Å². The summed E-state index contributed by atoms with van der Waals surface area (Å²) in [5.74, 6) is -0.610. The molecule has 0 aliphatic carbocycles. The first-order valence-corrected chi connectivity index (χ1v) is 27.0. The molecule has 1 aliphatic heterocycles. The van der Waals surface area contributed by atoms with E-state index in [1.165, 1.54) is 96.3 Å². The summed E-state index contributed by atoms with van der Waals surface area (Å²) >= 11 is 0. The molecule has 0 radical (unpaired) electrons.